The quantitative estimate of drug-likeness (QED) is 0.534. The van der Waals surface area contributed by atoms with Crippen molar-refractivity contribution in [2.24, 2.45) is 0 Å². The highest BCUT2D eigenvalue weighted by molar-refractivity contribution is 6.03. The number of aromatic nitrogens is 2. The van der Waals surface area contributed by atoms with Crippen LogP contribution in [0.4, 0.5) is 5.82 Å². The van der Waals surface area contributed by atoms with Gasteiger partial charge in [-0.3, -0.25) is 19.0 Å². The van der Waals surface area contributed by atoms with E-state index in [0.29, 0.717) is 12.0 Å². The third-order valence-corrected chi connectivity index (χ3v) is 5.15. The number of rotatable bonds is 9. The van der Waals surface area contributed by atoms with Crippen LogP contribution in [0.25, 0.3) is 0 Å². The van der Waals surface area contributed by atoms with Gasteiger partial charge in [-0.1, -0.05) is 25.1 Å². The van der Waals surface area contributed by atoms with Crippen molar-refractivity contribution < 1.29 is 33.7 Å². The molecule has 1 aliphatic rings. The zero-order chi connectivity index (χ0) is 24.0. The monoisotopic (exact) mass is 459 g/mol. The van der Waals surface area contributed by atoms with Crippen LogP contribution in [0.15, 0.2) is 47.4 Å². The molecule has 1 fully saturated rings. The third kappa shape index (κ3) is 5.82. The lowest BCUT2D eigenvalue weighted by Gasteiger charge is -2.23. The number of amides is 1. The van der Waals surface area contributed by atoms with Crippen LogP contribution in [0.5, 0.6) is 0 Å². The number of aliphatic carboxylic acids is 1. The van der Waals surface area contributed by atoms with E-state index < -0.39 is 48.1 Å². The topological polar surface area (TPSA) is 146 Å². The Kier molecular flexibility index (Phi) is 7.91. The van der Waals surface area contributed by atoms with Crippen molar-refractivity contribution in [1.29, 1.82) is 0 Å². The number of carbonyl (C=O) groups excluding carboxylic acids is 2. The Morgan fingerprint density at radius 2 is 1.88 bits per heavy atom. The van der Waals surface area contributed by atoms with Gasteiger partial charge in [-0.05, 0) is 24.6 Å². The van der Waals surface area contributed by atoms with Gasteiger partial charge in [0.1, 0.15) is 11.9 Å². The number of benzene rings is 1. The molecule has 1 aromatic heterocycles. The second kappa shape index (κ2) is 10.8. The van der Waals surface area contributed by atoms with Crippen molar-refractivity contribution >= 4 is 23.7 Å². The van der Waals surface area contributed by atoms with Gasteiger partial charge in [-0.2, -0.15) is 4.98 Å². The van der Waals surface area contributed by atoms with Crippen LogP contribution in [0.3, 0.4) is 0 Å². The number of carboxylic acid groups (broad SMARTS) is 1. The van der Waals surface area contributed by atoms with Crippen molar-refractivity contribution in [3.8, 4) is 0 Å². The van der Waals surface area contributed by atoms with E-state index in [2.05, 4.69) is 10.3 Å². The number of methoxy groups -OCH3 is 1. The van der Waals surface area contributed by atoms with Crippen molar-refractivity contribution in [1.82, 2.24) is 9.55 Å². The summed E-state index contributed by atoms with van der Waals surface area (Å²) in [6, 6.07) is 9.89. The molecular weight excluding hydrogens is 434 g/mol. The highest BCUT2D eigenvalue weighted by atomic mass is 16.6. The molecule has 0 saturated carbocycles. The van der Waals surface area contributed by atoms with E-state index in [1.54, 1.807) is 30.3 Å². The number of carboxylic acids is 1. The largest absolute Gasteiger partial charge is 0.481 e. The highest BCUT2D eigenvalue weighted by Gasteiger charge is 2.48. The van der Waals surface area contributed by atoms with Crippen molar-refractivity contribution in [2.75, 3.05) is 12.4 Å². The summed E-state index contributed by atoms with van der Waals surface area (Å²) in [5.41, 5.74) is -0.325. The predicted octanol–water partition coefficient (Wildman–Crippen LogP) is 1.59. The Morgan fingerprint density at radius 1 is 1.15 bits per heavy atom. The molecule has 3 rings (SSSR count). The fourth-order valence-corrected chi connectivity index (χ4v) is 3.55. The van der Waals surface area contributed by atoms with Crippen molar-refractivity contribution in [3.05, 3.63) is 58.6 Å². The van der Waals surface area contributed by atoms with E-state index in [1.807, 2.05) is 6.92 Å². The number of ether oxygens (including phenoxy) is 3. The maximum absolute atomic E-state index is 12.7. The van der Waals surface area contributed by atoms with Gasteiger partial charge in [0.2, 0.25) is 0 Å². The second-order valence-corrected chi connectivity index (χ2v) is 7.34. The minimum Gasteiger partial charge on any atom is -0.481 e. The Morgan fingerprint density at radius 3 is 2.48 bits per heavy atom. The first-order valence-electron chi connectivity index (χ1n) is 10.4. The molecule has 176 valence electrons. The fraction of sp³-hybridized carbons (Fsp3) is 0.409. The number of esters is 1. The zero-order valence-electron chi connectivity index (χ0n) is 18.2. The lowest BCUT2D eigenvalue weighted by atomic mass is 10.1. The fourth-order valence-electron chi connectivity index (χ4n) is 3.55. The molecule has 1 aromatic carbocycles. The lowest BCUT2D eigenvalue weighted by molar-refractivity contribution is -0.161. The summed E-state index contributed by atoms with van der Waals surface area (Å²) in [5.74, 6) is -2.25. The molecule has 1 aliphatic heterocycles. The van der Waals surface area contributed by atoms with Crippen LogP contribution in [0.2, 0.25) is 0 Å². The van der Waals surface area contributed by atoms with E-state index in [-0.39, 0.29) is 18.7 Å². The van der Waals surface area contributed by atoms with E-state index in [1.165, 1.54) is 19.4 Å². The van der Waals surface area contributed by atoms with Gasteiger partial charge in [0, 0.05) is 18.9 Å². The summed E-state index contributed by atoms with van der Waals surface area (Å²) < 4.78 is 18.0. The van der Waals surface area contributed by atoms with E-state index in [0.717, 1.165) is 4.57 Å². The van der Waals surface area contributed by atoms with Gasteiger partial charge in [0.25, 0.3) is 5.91 Å². The predicted molar refractivity (Wildman–Crippen MR) is 115 cm³/mol. The minimum atomic E-state index is -1.13. The normalized spacial score (nSPS) is 22.0. The van der Waals surface area contributed by atoms with Gasteiger partial charge < -0.3 is 24.6 Å². The molecule has 0 bridgehead atoms. The average Bonchev–Trinajstić information content (AvgIpc) is 3.15. The molecule has 2 heterocycles. The van der Waals surface area contributed by atoms with Crippen LogP contribution >= 0.6 is 0 Å². The van der Waals surface area contributed by atoms with E-state index >= 15 is 0 Å². The molecule has 1 unspecified atom stereocenters. The average molecular weight is 459 g/mol. The number of nitrogens with one attached hydrogen (secondary N) is 1. The van der Waals surface area contributed by atoms with Gasteiger partial charge in [0.15, 0.2) is 12.3 Å². The summed E-state index contributed by atoms with van der Waals surface area (Å²) in [6.45, 7) is 1.85. The zero-order valence-corrected chi connectivity index (χ0v) is 18.2. The molecule has 1 saturated heterocycles. The van der Waals surface area contributed by atoms with Gasteiger partial charge in [0.05, 0.1) is 18.9 Å². The molecule has 33 heavy (non-hydrogen) atoms. The van der Waals surface area contributed by atoms with Gasteiger partial charge in [-0.25, -0.2) is 4.79 Å². The summed E-state index contributed by atoms with van der Waals surface area (Å²) in [4.78, 5) is 51.9. The number of hydrogen-bond acceptors (Lipinski definition) is 8. The first-order chi connectivity index (χ1) is 15.8. The van der Waals surface area contributed by atoms with Crippen LogP contribution in [0.1, 0.15) is 42.8 Å². The van der Waals surface area contributed by atoms with Crippen LogP contribution in [-0.4, -0.2) is 57.9 Å². The Balaban J connectivity index is 1.81. The first kappa shape index (κ1) is 24.1. The second-order valence-electron chi connectivity index (χ2n) is 7.34. The Labute approximate surface area is 189 Å². The van der Waals surface area contributed by atoms with Gasteiger partial charge in [-0.15, -0.1) is 0 Å². The smallest absolute Gasteiger partial charge is 0.351 e. The van der Waals surface area contributed by atoms with E-state index in [4.69, 9.17) is 19.3 Å². The number of anilines is 1. The summed E-state index contributed by atoms with van der Waals surface area (Å²) in [5, 5.41) is 11.3. The number of hydrogen-bond donors (Lipinski definition) is 2. The van der Waals surface area contributed by atoms with Crippen LogP contribution in [-0.2, 0) is 23.8 Å². The maximum Gasteiger partial charge on any atom is 0.351 e. The Bertz CT molecular complexity index is 1060. The molecule has 4 atom stereocenters. The van der Waals surface area contributed by atoms with E-state index in [9.17, 15) is 19.2 Å². The molecule has 0 spiro atoms. The maximum atomic E-state index is 12.7. The lowest BCUT2D eigenvalue weighted by Crippen LogP contribution is -2.40. The van der Waals surface area contributed by atoms with Gasteiger partial charge >= 0.3 is 17.6 Å². The summed E-state index contributed by atoms with van der Waals surface area (Å²) in [6.07, 6.45) is -1.99. The molecule has 1 amide bonds. The summed E-state index contributed by atoms with van der Waals surface area (Å²) >= 11 is 0. The van der Waals surface area contributed by atoms with Crippen molar-refractivity contribution in [2.45, 2.75) is 50.7 Å². The van der Waals surface area contributed by atoms with Crippen LogP contribution in [0, 0.1) is 0 Å². The third-order valence-electron chi connectivity index (χ3n) is 5.15. The van der Waals surface area contributed by atoms with Crippen LogP contribution < -0.4 is 11.0 Å². The molecule has 0 radical (unpaired) electrons. The number of nitrogens with zero attached hydrogens (tertiary/aromatic N) is 2. The summed E-state index contributed by atoms with van der Waals surface area (Å²) in [7, 11) is 1.43. The minimum absolute atomic E-state index is 0.0495. The molecule has 0 aliphatic carbocycles. The molecule has 2 N–H and O–H groups in total. The Hall–Kier alpha value is -3.57. The molecule has 11 nitrogen and oxygen atoms in total. The molecular formula is C22H25N3O8. The first-order valence-corrected chi connectivity index (χ1v) is 10.4. The molecule has 11 heteroatoms. The number of carbonyl (C=O) groups is 3. The standard InChI is InChI=1S/C22H25N3O8/c1-3-14-18(31-2)19(33-17(28)10-9-16(26)27)21(32-14)25-12-11-15(24-22(25)30)23-20(29)13-7-5-4-6-8-13/h4-8,11-12,14,18-19,21H,3,9-10H2,1-2H3,(H,26,27)(H,23,24,29,30)/t14-,18?,19+,21-/m1/s1. The molecule has 2 aromatic rings. The van der Waals surface area contributed by atoms with Crippen molar-refractivity contribution in [3.63, 3.8) is 0 Å². The SMILES string of the molecule is CC[C@H]1O[C@@H](n2ccc(NC(=O)c3ccccc3)nc2=O)[C@@H](OC(=O)CCC(=O)O)C1OC. The highest BCUT2D eigenvalue weighted by Crippen LogP contribution is 2.34.